The highest BCUT2D eigenvalue weighted by Gasteiger charge is 2.30. The summed E-state index contributed by atoms with van der Waals surface area (Å²) in [6.07, 6.45) is 5.61. The number of nitrogens with one attached hydrogen (secondary N) is 2. The van der Waals surface area contributed by atoms with E-state index in [0.29, 0.717) is 0 Å². The van der Waals surface area contributed by atoms with Crippen molar-refractivity contribution in [2.24, 2.45) is 5.73 Å². The molecular formula is C17H26ClN3O2. The standard InChI is InChI=1S/C17H25N3O2.ClH/c1-17(18,13-8-4-2-5-9-13)16(22)19-12-15(21)20-14-10-6-3-7-11-14;/h2,4-5,8-9,14H,3,6-7,10-12,18H2,1H3,(H,19,22)(H,20,21);1H. The van der Waals surface area contributed by atoms with Gasteiger partial charge in [0.25, 0.3) is 0 Å². The van der Waals surface area contributed by atoms with Crippen molar-refractivity contribution in [1.82, 2.24) is 10.6 Å². The molecule has 0 saturated heterocycles. The summed E-state index contributed by atoms with van der Waals surface area (Å²) in [4.78, 5) is 24.2. The Balaban J connectivity index is 0.00000264. The summed E-state index contributed by atoms with van der Waals surface area (Å²) >= 11 is 0. The summed E-state index contributed by atoms with van der Waals surface area (Å²) in [5, 5.41) is 5.61. The molecule has 0 spiro atoms. The maximum Gasteiger partial charge on any atom is 0.244 e. The van der Waals surface area contributed by atoms with E-state index in [1.54, 1.807) is 6.92 Å². The van der Waals surface area contributed by atoms with Gasteiger partial charge in [-0.2, -0.15) is 0 Å². The molecule has 0 heterocycles. The maximum absolute atomic E-state index is 12.2. The first kappa shape index (κ1) is 19.5. The molecule has 128 valence electrons. The van der Waals surface area contributed by atoms with Gasteiger partial charge in [0.15, 0.2) is 0 Å². The fourth-order valence-corrected chi connectivity index (χ4v) is 2.79. The first-order valence-corrected chi connectivity index (χ1v) is 7.92. The van der Waals surface area contributed by atoms with Crippen LogP contribution in [0.1, 0.15) is 44.6 Å². The smallest absolute Gasteiger partial charge is 0.244 e. The third-order valence-corrected chi connectivity index (χ3v) is 4.22. The van der Waals surface area contributed by atoms with Gasteiger partial charge in [0.05, 0.1) is 6.54 Å². The van der Waals surface area contributed by atoms with Gasteiger partial charge in [-0.05, 0) is 25.3 Å². The second kappa shape index (κ2) is 8.89. The van der Waals surface area contributed by atoms with E-state index in [-0.39, 0.29) is 36.8 Å². The Kier molecular flexibility index (Phi) is 7.52. The van der Waals surface area contributed by atoms with Crippen molar-refractivity contribution in [2.75, 3.05) is 6.54 Å². The van der Waals surface area contributed by atoms with Gasteiger partial charge >= 0.3 is 0 Å². The van der Waals surface area contributed by atoms with Crippen molar-refractivity contribution in [3.8, 4) is 0 Å². The maximum atomic E-state index is 12.2. The molecule has 0 aliphatic heterocycles. The molecule has 2 amide bonds. The summed E-state index contributed by atoms with van der Waals surface area (Å²) in [5.74, 6) is -0.499. The van der Waals surface area contributed by atoms with E-state index in [4.69, 9.17) is 5.73 Å². The van der Waals surface area contributed by atoms with Gasteiger partial charge in [0, 0.05) is 6.04 Å². The molecule has 1 atom stereocenters. The summed E-state index contributed by atoms with van der Waals surface area (Å²) in [7, 11) is 0. The Labute approximate surface area is 143 Å². The zero-order valence-electron chi connectivity index (χ0n) is 13.5. The second-order valence-electron chi connectivity index (χ2n) is 6.15. The molecule has 1 aliphatic rings. The van der Waals surface area contributed by atoms with E-state index < -0.39 is 5.54 Å². The highest BCUT2D eigenvalue weighted by molar-refractivity contribution is 5.90. The molecule has 1 fully saturated rings. The van der Waals surface area contributed by atoms with Crippen LogP contribution in [0.15, 0.2) is 30.3 Å². The van der Waals surface area contributed by atoms with Crippen molar-refractivity contribution in [1.29, 1.82) is 0 Å². The Morgan fingerprint density at radius 1 is 1.17 bits per heavy atom. The molecule has 6 heteroatoms. The molecule has 1 saturated carbocycles. The molecule has 1 aromatic carbocycles. The van der Waals surface area contributed by atoms with Gasteiger partial charge in [-0.15, -0.1) is 12.4 Å². The lowest BCUT2D eigenvalue weighted by atomic mass is 9.92. The van der Waals surface area contributed by atoms with Crippen LogP contribution in [0.3, 0.4) is 0 Å². The largest absolute Gasteiger partial charge is 0.352 e. The Bertz CT molecular complexity index is 514. The molecule has 0 aromatic heterocycles. The number of rotatable bonds is 5. The first-order chi connectivity index (χ1) is 10.5. The van der Waals surface area contributed by atoms with E-state index in [2.05, 4.69) is 10.6 Å². The zero-order valence-corrected chi connectivity index (χ0v) is 14.3. The minimum Gasteiger partial charge on any atom is -0.352 e. The van der Waals surface area contributed by atoms with Crippen LogP contribution in [0.2, 0.25) is 0 Å². The van der Waals surface area contributed by atoms with Crippen molar-refractivity contribution < 1.29 is 9.59 Å². The van der Waals surface area contributed by atoms with E-state index in [0.717, 1.165) is 31.2 Å². The number of halogens is 1. The molecule has 4 N–H and O–H groups in total. The number of carbonyl (C=O) groups excluding carboxylic acids is 2. The second-order valence-corrected chi connectivity index (χ2v) is 6.15. The quantitative estimate of drug-likeness (QED) is 0.765. The highest BCUT2D eigenvalue weighted by Crippen LogP contribution is 2.18. The zero-order chi connectivity index (χ0) is 16.0. The molecule has 0 bridgehead atoms. The van der Waals surface area contributed by atoms with Crippen LogP contribution >= 0.6 is 12.4 Å². The Hall–Kier alpha value is -1.59. The molecule has 2 rings (SSSR count). The Morgan fingerprint density at radius 3 is 2.39 bits per heavy atom. The average molecular weight is 340 g/mol. The summed E-state index contributed by atoms with van der Waals surface area (Å²) < 4.78 is 0. The van der Waals surface area contributed by atoms with Crippen LogP contribution in [0, 0.1) is 0 Å². The van der Waals surface area contributed by atoms with Gasteiger partial charge < -0.3 is 16.4 Å². The molecule has 1 unspecified atom stereocenters. The predicted octanol–water partition coefficient (Wildman–Crippen LogP) is 1.85. The number of hydrogen-bond acceptors (Lipinski definition) is 3. The fourth-order valence-electron chi connectivity index (χ4n) is 2.79. The molecule has 1 aliphatic carbocycles. The van der Waals surface area contributed by atoms with Crippen LogP contribution in [0.4, 0.5) is 0 Å². The SMILES string of the molecule is CC(N)(C(=O)NCC(=O)NC1CCCCC1)c1ccccc1.Cl. The van der Waals surface area contributed by atoms with Crippen LogP contribution in [-0.2, 0) is 15.1 Å². The van der Waals surface area contributed by atoms with Crippen LogP contribution < -0.4 is 16.4 Å². The van der Waals surface area contributed by atoms with Crippen molar-refractivity contribution in [3.63, 3.8) is 0 Å². The summed E-state index contributed by atoms with van der Waals surface area (Å²) in [6.45, 7) is 1.62. The van der Waals surface area contributed by atoms with Crippen molar-refractivity contribution in [2.45, 2.75) is 50.6 Å². The van der Waals surface area contributed by atoms with E-state index in [9.17, 15) is 9.59 Å². The monoisotopic (exact) mass is 339 g/mol. The lowest BCUT2D eigenvalue weighted by Crippen LogP contribution is -2.52. The van der Waals surface area contributed by atoms with Gasteiger partial charge in [-0.3, -0.25) is 9.59 Å². The number of amides is 2. The highest BCUT2D eigenvalue weighted by atomic mass is 35.5. The Morgan fingerprint density at radius 2 is 1.78 bits per heavy atom. The van der Waals surface area contributed by atoms with E-state index in [1.807, 2.05) is 30.3 Å². The third-order valence-electron chi connectivity index (χ3n) is 4.22. The normalized spacial score (nSPS) is 17.5. The van der Waals surface area contributed by atoms with Gasteiger partial charge in [-0.25, -0.2) is 0 Å². The number of benzene rings is 1. The lowest BCUT2D eigenvalue weighted by Gasteiger charge is -2.25. The molecule has 1 aromatic rings. The van der Waals surface area contributed by atoms with Crippen LogP contribution in [0.5, 0.6) is 0 Å². The minimum atomic E-state index is -1.15. The predicted molar refractivity (Wildman–Crippen MR) is 93.3 cm³/mol. The lowest BCUT2D eigenvalue weighted by molar-refractivity contribution is -0.129. The van der Waals surface area contributed by atoms with Crippen molar-refractivity contribution >= 4 is 24.2 Å². The third kappa shape index (κ3) is 5.52. The van der Waals surface area contributed by atoms with Crippen molar-refractivity contribution in [3.05, 3.63) is 35.9 Å². The number of nitrogens with two attached hydrogens (primary N) is 1. The minimum absolute atomic E-state index is 0. The average Bonchev–Trinajstić information content (AvgIpc) is 2.54. The van der Waals surface area contributed by atoms with E-state index in [1.165, 1.54) is 6.42 Å². The molecule has 23 heavy (non-hydrogen) atoms. The molecular weight excluding hydrogens is 314 g/mol. The topological polar surface area (TPSA) is 84.2 Å². The van der Waals surface area contributed by atoms with Crippen LogP contribution in [-0.4, -0.2) is 24.4 Å². The molecule has 5 nitrogen and oxygen atoms in total. The van der Waals surface area contributed by atoms with Gasteiger partial charge in [-0.1, -0.05) is 49.6 Å². The number of carbonyl (C=O) groups is 2. The van der Waals surface area contributed by atoms with Gasteiger partial charge in [0.1, 0.15) is 5.54 Å². The van der Waals surface area contributed by atoms with Gasteiger partial charge in [0.2, 0.25) is 11.8 Å². The first-order valence-electron chi connectivity index (χ1n) is 7.92. The molecule has 0 radical (unpaired) electrons. The fraction of sp³-hybridized carbons (Fsp3) is 0.529. The van der Waals surface area contributed by atoms with Crippen LogP contribution in [0.25, 0.3) is 0 Å². The number of hydrogen-bond donors (Lipinski definition) is 3. The summed E-state index contributed by atoms with van der Waals surface area (Å²) in [6, 6.07) is 9.41. The van der Waals surface area contributed by atoms with E-state index >= 15 is 0 Å². The summed E-state index contributed by atoms with van der Waals surface area (Å²) in [5.41, 5.74) is 5.68.